The largest absolute Gasteiger partial charge is 0.493 e. The second-order valence-electron chi connectivity index (χ2n) is 9.75. The summed E-state index contributed by atoms with van der Waals surface area (Å²) in [7, 11) is 1.54. The maximum atomic E-state index is 12.8. The first kappa shape index (κ1) is 23.6. The molecule has 0 aromatic heterocycles. The van der Waals surface area contributed by atoms with Gasteiger partial charge in [0.15, 0.2) is 17.6 Å². The standard InChI is InChI=1S/C25H28O10/c1-12(26)23(30)34-17(22(28)29)11-18(27)33-16-7-9-25(31)14-4-3-8-24(25)19-13(10-14)5-6-15(32-2)20(19)35-21(16)24/h5-7,12,14,17,21,26,31H,3-4,8-11H2,1-2H3,(H,28,29)/t12-,14+,17-,21-,24-,25+/m0/s1. The highest BCUT2D eigenvalue weighted by Gasteiger charge is 2.70. The van der Waals surface area contributed by atoms with Crippen molar-refractivity contribution in [2.24, 2.45) is 5.92 Å². The van der Waals surface area contributed by atoms with Crippen LogP contribution in [0, 0.1) is 5.92 Å². The third kappa shape index (κ3) is 3.34. The molecule has 1 spiro atoms. The topological polar surface area (TPSA) is 149 Å². The van der Waals surface area contributed by atoms with Gasteiger partial charge in [0.05, 0.1) is 24.5 Å². The molecule has 1 fully saturated rings. The quantitative estimate of drug-likeness (QED) is 0.481. The average Bonchev–Trinajstić information content (AvgIpc) is 3.15. The molecule has 0 radical (unpaired) electrons. The van der Waals surface area contributed by atoms with E-state index in [4.69, 9.17) is 18.9 Å². The van der Waals surface area contributed by atoms with Gasteiger partial charge in [0.25, 0.3) is 0 Å². The molecule has 0 saturated heterocycles. The zero-order chi connectivity index (χ0) is 25.1. The highest BCUT2D eigenvalue weighted by atomic mass is 16.6. The van der Waals surface area contributed by atoms with Gasteiger partial charge >= 0.3 is 17.9 Å². The van der Waals surface area contributed by atoms with E-state index in [-0.39, 0.29) is 18.1 Å². The molecule has 188 valence electrons. The van der Waals surface area contributed by atoms with Gasteiger partial charge in [0.1, 0.15) is 11.9 Å². The molecular weight excluding hydrogens is 460 g/mol. The molecule has 2 bridgehead atoms. The highest BCUT2D eigenvalue weighted by molar-refractivity contribution is 5.84. The van der Waals surface area contributed by atoms with Crippen LogP contribution >= 0.6 is 0 Å². The monoisotopic (exact) mass is 488 g/mol. The molecule has 10 heteroatoms. The van der Waals surface area contributed by atoms with Gasteiger partial charge in [-0.2, -0.15) is 0 Å². The molecule has 3 aliphatic carbocycles. The van der Waals surface area contributed by atoms with Crippen LogP contribution in [-0.4, -0.2) is 64.3 Å². The number of aliphatic carboxylic acids is 1. The van der Waals surface area contributed by atoms with Gasteiger partial charge < -0.3 is 34.3 Å². The SMILES string of the molecule is COc1ccc2c3c1O[C@H]1C(OC(=O)C[C@H](OC(=O)[C@H](C)O)C(=O)O)=CC[C@@]4(O)[C@H](CCC[C@]314)C2. The minimum absolute atomic E-state index is 0.0268. The number of carbonyl (C=O) groups excluding carboxylic acids is 2. The molecule has 1 aromatic carbocycles. The molecule has 10 nitrogen and oxygen atoms in total. The minimum Gasteiger partial charge on any atom is -0.493 e. The fourth-order valence-electron chi connectivity index (χ4n) is 6.42. The second-order valence-corrected chi connectivity index (χ2v) is 9.75. The smallest absolute Gasteiger partial charge is 0.345 e. The van der Waals surface area contributed by atoms with E-state index >= 15 is 0 Å². The van der Waals surface area contributed by atoms with Crippen LogP contribution in [0.15, 0.2) is 24.0 Å². The maximum Gasteiger partial charge on any atom is 0.345 e. The highest BCUT2D eigenvalue weighted by Crippen LogP contribution is 2.67. The Kier molecular flexibility index (Phi) is 5.56. The van der Waals surface area contributed by atoms with Gasteiger partial charge in [-0.3, -0.25) is 4.79 Å². The van der Waals surface area contributed by atoms with Gasteiger partial charge in [-0.25, -0.2) is 9.59 Å². The zero-order valence-electron chi connectivity index (χ0n) is 19.5. The van der Waals surface area contributed by atoms with Crippen LogP contribution in [0.25, 0.3) is 0 Å². The van der Waals surface area contributed by atoms with Crippen LogP contribution in [0.3, 0.4) is 0 Å². The first-order valence-corrected chi connectivity index (χ1v) is 11.7. The van der Waals surface area contributed by atoms with Crippen molar-refractivity contribution in [2.45, 2.75) is 74.8 Å². The lowest BCUT2D eigenvalue weighted by atomic mass is 9.47. The van der Waals surface area contributed by atoms with Crippen LogP contribution in [0.2, 0.25) is 0 Å². The summed E-state index contributed by atoms with van der Waals surface area (Å²) in [6, 6.07) is 3.84. The van der Waals surface area contributed by atoms with Crippen LogP contribution in [-0.2, 0) is 35.7 Å². The molecule has 1 aliphatic heterocycles. The van der Waals surface area contributed by atoms with Crippen molar-refractivity contribution >= 4 is 17.9 Å². The molecule has 35 heavy (non-hydrogen) atoms. The Hall–Kier alpha value is -3.11. The van der Waals surface area contributed by atoms with Crippen molar-refractivity contribution < 1.29 is 48.7 Å². The first-order valence-electron chi connectivity index (χ1n) is 11.7. The maximum absolute atomic E-state index is 12.8. The van der Waals surface area contributed by atoms with Gasteiger partial charge in [-0.05, 0) is 56.2 Å². The Labute approximate surface area is 201 Å². The summed E-state index contributed by atoms with van der Waals surface area (Å²) in [5, 5.41) is 30.7. The van der Waals surface area contributed by atoms with E-state index in [1.165, 1.54) is 7.11 Å². The Morgan fingerprint density at radius 2 is 2.06 bits per heavy atom. The molecule has 3 N–H and O–H groups in total. The number of hydrogen-bond acceptors (Lipinski definition) is 9. The number of carboxylic acid groups (broad SMARTS) is 1. The summed E-state index contributed by atoms with van der Waals surface area (Å²) in [4.78, 5) is 35.9. The number of carbonyl (C=O) groups is 3. The van der Waals surface area contributed by atoms with E-state index in [9.17, 15) is 29.7 Å². The van der Waals surface area contributed by atoms with Crippen molar-refractivity contribution in [3.05, 3.63) is 35.1 Å². The molecule has 1 heterocycles. The van der Waals surface area contributed by atoms with Gasteiger partial charge in [-0.15, -0.1) is 0 Å². The fourth-order valence-corrected chi connectivity index (χ4v) is 6.42. The van der Waals surface area contributed by atoms with Gasteiger partial charge in [0.2, 0.25) is 6.10 Å². The van der Waals surface area contributed by atoms with Crippen LogP contribution in [0.4, 0.5) is 0 Å². The number of benzene rings is 1. The summed E-state index contributed by atoms with van der Waals surface area (Å²) < 4.78 is 22.2. The zero-order valence-corrected chi connectivity index (χ0v) is 19.5. The van der Waals surface area contributed by atoms with Crippen molar-refractivity contribution in [1.82, 2.24) is 0 Å². The van der Waals surface area contributed by atoms with Crippen molar-refractivity contribution in [1.29, 1.82) is 0 Å². The van der Waals surface area contributed by atoms with E-state index in [1.807, 2.05) is 12.1 Å². The van der Waals surface area contributed by atoms with E-state index in [0.29, 0.717) is 17.9 Å². The Balaban J connectivity index is 1.46. The van der Waals surface area contributed by atoms with Crippen LogP contribution in [0.5, 0.6) is 11.5 Å². The Morgan fingerprint density at radius 3 is 2.74 bits per heavy atom. The summed E-state index contributed by atoms with van der Waals surface area (Å²) in [5.74, 6) is -2.35. The first-order chi connectivity index (χ1) is 16.6. The average molecular weight is 488 g/mol. The van der Waals surface area contributed by atoms with Crippen molar-refractivity contribution in [3.63, 3.8) is 0 Å². The fraction of sp³-hybridized carbons (Fsp3) is 0.560. The van der Waals surface area contributed by atoms with E-state index in [1.54, 1.807) is 6.08 Å². The van der Waals surface area contributed by atoms with E-state index < -0.39 is 53.7 Å². The summed E-state index contributed by atoms with van der Waals surface area (Å²) in [6.07, 6.45) is 0.118. The van der Waals surface area contributed by atoms with E-state index in [2.05, 4.69) is 0 Å². The molecule has 0 amide bonds. The molecular formula is C25H28O10. The van der Waals surface area contributed by atoms with Crippen molar-refractivity contribution in [3.8, 4) is 11.5 Å². The Morgan fingerprint density at radius 1 is 1.29 bits per heavy atom. The van der Waals surface area contributed by atoms with Gasteiger partial charge in [-0.1, -0.05) is 12.5 Å². The third-order valence-electron chi connectivity index (χ3n) is 7.93. The lowest BCUT2D eigenvalue weighted by Crippen LogP contribution is -2.67. The molecule has 6 atom stereocenters. The number of ether oxygens (including phenoxy) is 4. The molecule has 5 rings (SSSR count). The predicted molar refractivity (Wildman–Crippen MR) is 118 cm³/mol. The second kappa shape index (κ2) is 8.23. The molecule has 1 aromatic rings. The summed E-state index contributed by atoms with van der Waals surface area (Å²) in [5.41, 5.74) is 0.0905. The molecule has 1 saturated carbocycles. The molecule has 0 unspecified atom stereocenters. The number of methoxy groups -OCH3 is 1. The van der Waals surface area contributed by atoms with Crippen molar-refractivity contribution in [2.75, 3.05) is 7.11 Å². The minimum atomic E-state index is -1.81. The number of esters is 2. The van der Waals surface area contributed by atoms with Crippen LogP contribution in [0.1, 0.15) is 50.2 Å². The summed E-state index contributed by atoms with van der Waals surface area (Å²) in [6.45, 7) is 1.13. The number of aliphatic hydroxyl groups excluding tert-OH is 1. The number of carboxylic acids is 1. The number of hydrogen-bond donors (Lipinski definition) is 3. The van der Waals surface area contributed by atoms with E-state index in [0.717, 1.165) is 37.3 Å². The lowest BCUT2D eigenvalue weighted by molar-refractivity contribution is -0.174. The van der Waals surface area contributed by atoms with Crippen LogP contribution < -0.4 is 9.47 Å². The third-order valence-corrected chi connectivity index (χ3v) is 7.93. The lowest BCUT2D eigenvalue weighted by Gasteiger charge is -2.59. The van der Waals surface area contributed by atoms with Gasteiger partial charge in [0, 0.05) is 5.56 Å². The Bertz CT molecular complexity index is 1120. The number of aliphatic hydroxyl groups is 2. The predicted octanol–water partition coefficient (Wildman–Crippen LogP) is 1.38. The summed E-state index contributed by atoms with van der Waals surface area (Å²) >= 11 is 0. The molecule has 4 aliphatic rings. The normalized spacial score (nSPS) is 31.3. The number of rotatable bonds is 7.